The van der Waals surface area contributed by atoms with Crippen LogP contribution in [-0.4, -0.2) is 88.2 Å². The second kappa shape index (κ2) is 12.9. The van der Waals surface area contributed by atoms with E-state index in [-0.39, 0.29) is 36.5 Å². The number of hydrogen-bond donors (Lipinski definition) is 3. The first-order valence-electron chi connectivity index (χ1n) is 17.9. The van der Waals surface area contributed by atoms with Gasteiger partial charge in [0.05, 0.1) is 24.1 Å². The van der Waals surface area contributed by atoms with Crippen LogP contribution in [0.1, 0.15) is 75.8 Å². The zero-order chi connectivity index (χ0) is 38.2. The first kappa shape index (κ1) is 36.9. The summed E-state index contributed by atoms with van der Waals surface area (Å²) in [7, 11) is 0. The molecule has 13 nitrogen and oxygen atoms in total. The fourth-order valence-electron chi connectivity index (χ4n) is 9.84. The molecule has 4 aliphatic carbocycles. The second-order valence-electron chi connectivity index (χ2n) is 15.7. The summed E-state index contributed by atoms with van der Waals surface area (Å²) in [5.74, 6) is -5.32. The van der Waals surface area contributed by atoms with Crippen molar-refractivity contribution in [2.45, 2.75) is 102 Å². The van der Waals surface area contributed by atoms with Gasteiger partial charge >= 0.3 is 23.9 Å². The van der Waals surface area contributed by atoms with E-state index >= 15 is 4.79 Å². The van der Waals surface area contributed by atoms with Gasteiger partial charge in [0, 0.05) is 31.1 Å². The summed E-state index contributed by atoms with van der Waals surface area (Å²) < 4.78 is 30.3. The van der Waals surface area contributed by atoms with E-state index in [0.29, 0.717) is 17.6 Å². The Balaban J connectivity index is 1.41. The molecule has 2 aromatic carbocycles. The van der Waals surface area contributed by atoms with Gasteiger partial charge in [-0.1, -0.05) is 62.4 Å². The Bertz CT molecular complexity index is 1880. The van der Waals surface area contributed by atoms with Gasteiger partial charge in [0.2, 0.25) is 0 Å². The van der Waals surface area contributed by atoms with Crippen LogP contribution in [0.25, 0.3) is 0 Å². The summed E-state index contributed by atoms with van der Waals surface area (Å²) in [4.78, 5) is 68.7. The van der Waals surface area contributed by atoms with Gasteiger partial charge in [-0.2, -0.15) is 0 Å². The van der Waals surface area contributed by atoms with Crippen LogP contribution < -0.4 is 5.73 Å². The number of aliphatic hydroxyl groups is 2. The van der Waals surface area contributed by atoms with Gasteiger partial charge in [-0.3, -0.25) is 14.4 Å². The van der Waals surface area contributed by atoms with Gasteiger partial charge in [0.1, 0.15) is 23.9 Å². The monoisotopic (exact) mass is 731 g/mol. The van der Waals surface area contributed by atoms with Crippen LogP contribution in [0.4, 0.5) is 0 Å². The van der Waals surface area contributed by atoms with Crippen LogP contribution in [0.5, 0.6) is 0 Å². The lowest BCUT2D eigenvalue weighted by Crippen LogP contribution is -2.78. The highest BCUT2D eigenvalue weighted by molar-refractivity contribution is 5.97. The largest absolute Gasteiger partial charge is 0.456 e. The number of ketones is 1. The van der Waals surface area contributed by atoms with Gasteiger partial charge in [0.25, 0.3) is 0 Å². The summed E-state index contributed by atoms with van der Waals surface area (Å²) in [5, 5.41) is 24.6. The number of hydrogen-bond acceptors (Lipinski definition) is 13. The van der Waals surface area contributed by atoms with Crippen LogP contribution in [0.2, 0.25) is 0 Å². The number of esters is 4. The van der Waals surface area contributed by atoms with Gasteiger partial charge in [-0.05, 0) is 54.5 Å². The molecule has 1 spiro atoms. The maximum atomic E-state index is 15.3. The zero-order valence-corrected chi connectivity index (χ0v) is 30.3. The van der Waals surface area contributed by atoms with Crippen molar-refractivity contribution in [2.75, 3.05) is 6.61 Å². The van der Waals surface area contributed by atoms with E-state index in [1.165, 1.54) is 13.8 Å². The SMILES string of the molecule is CC(=O)O[C@H]1C(=O)C23C[C@H]2CC2OC[C@@]2(OC(C)=O)C3[C@H](OC(=O)c2ccccc2)[C@]2(O)CC(OC(=O)C(O)[C@@H](N)c3ccccc3)C(C)=C1C2(C)C. The summed E-state index contributed by atoms with van der Waals surface area (Å²) in [6, 6.07) is 15.5. The Kier molecular flexibility index (Phi) is 8.96. The van der Waals surface area contributed by atoms with Crippen molar-refractivity contribution >= 4 is 29.7 Å². The minimum atomic E-state index is -2.17. The van der Waals surface area contributed by atoms with Gasteiger partial charge in [-0.15, -0.1) is 0 Å². The van der Waals surface area contributed by atoms with Gasteiger partial charge in [0.15, 0.2) is 23.6 Å². The summed E-state index contributed by atoms with van der Waals surface area (Å²) in [5.41, 5.74) is 0.896. The molecule has 53 heavy (non-hydrogen) atoms. The maximum Gasteiger partial charge on any atom is 0.338 e. The van der Waals surface area contributed by atoms with E-state index in [1.807, 2.05) is 0 Å². The molecule has 5 unspecified atom stereocenters. The average molecular weight is 732 g/mol. The number of nitrogens with two attached hydrogens (primary N) is 1. The molecule has 11 atom stereocenters. The average Bonchev–Trinajstić information content (AvgIpc) is 3.85. The van der Waals surface area contributed by atoms with Crippen molar-refractivity contribution in [3.05, 3.63) is 82.9 Å². The molecular formula is C40H45NO12. The Hall–Kier alpha value is -4.43. The predicted molar refractivity (Wildman–Crippen MR) is 184 cm³/mol. The molecule has 0 aromatic heterocycles. The third-order valence-corrected chi connectivity index (χ3v) is 12.6. The molecule has 4 fully saturated rings. The predicted octanol–water partition coefficient (Wildman–Crippen LogP) is 2.90. The molecule has 4 N–H and O–H groups in total. The minimum Gasteiger partial charge on any atom is -0.456 e. The van der Waals surface area contributed by atoms with E-state index in [4.69, 9.17) is 29.4 Å². The number of carbonyl (C=O) groups excluding carboxylic acids is 5. The van der Waals surface area contributed by atoms with Crippen LogP contribution in [0.15, 0.2) is 71.8 Å². The van der Waals surface area contributed by atoms with Crippen molar-refractivity contribution in [3.8, 4) is 0 Å². The Morgan fingerprint density at radius 3 is 2.15 bits per heavy atom. The van der Waals surface area contributed by atoms with Crippen molar-refractivity contribution in [1.82, 2.24) is 0 Å². The summed E-state index contributed by atoms with van der Waals surface area (Å²) in [6.07, 6.45) is -6.66. The first-order chi connectivity index (χ1) is 25.0. The standard InChI is InChI=1S/C40H45NO12/c1-20-26(51-36(47)30(44)29(41)23-12-8-6-9-13-23)18-40(48)34(52-35(46)24-14-10-7-11-15-24)32-38(33(45)31(50-21(2)42)28(20)37(40,4)5)17-25(38)16-27-39(32,19-49-27)53-22(3)43/h6-15,25-27,29-32,34,44,48H,16-19,41H2,1-5H3/t25-,26?,27?,29+,30?,31-,32?,34+,38?,39+,40-/m1/s1. The Morgan fingerprint density at radius 1 is 0.925 bits per heavy atom. The fourth-order valence-corrected chi connectivity index (χ4v) is 9.84. The van der Waals surface area contributed by atoms with E-state index in [2.05, 4.69) is 0 Å². The highest BCUT2D eigenvalue weighted by Crippen LogP contribution is 2.74. The van der Waals surface area contributed by atoms with Crippen molar-refractivity contribution in [2.24, 2.45) is 28.4 Å². The Labute approximate surface area is 306 Å². The molecule has 2 bridgehead atoms. The summed E-state index contributed by atoms with van der Waals surface area (Å²) >= 11 is 0. The fraction of sp³-hybridized carbons (Fsp3) is 0.525. The van der Waals surface area contributed by atoms with E-state index < -0.39 is 94.2 Å². The second-order valence-corrected chi connectivity index (χ2v) is 15.7. The lowest BCUT2D eigenvalue weighted by atomic mass is 9.48. The molecule has 0 amide bonds. The number of benzene rings is 2. The first-order valence-corrected chi connectivity index (χ1v) is 17.9. The highest BCUT2D eigenvalue weighted by Gasteiger charge is 2.84. The highest BCUT2D eigenvalue weighted by atomic mass is 16.6. The number of ether oxygens (including phenoxy) is 5. The van der Waals surface area contributed by atoms with Crippen LogP contribution >= 0.6 is 0 Å². The summed E-state index contributed by atoms with van der Waals surface area (Å²) in [6.45, 7) is 7.18. The quantitative estimate of drug-likeness (QED) is 0.204. The Morgan fingerprint density at radius 2 is 1.57 bits per heavy atom. The van der Waals surface area contributed by atoms with E-state index in [1.54, 1.807) is 81.4 Å². The van der Waals surface area contributed by atoms with Crippen LogP contribution in [-0.2, 0) is 42.9 Å². The number of rotatable bonds is 8. The van der Waals surface area contributed by atoms with E-state index in [9.17, 15) is 29.4 Å². The normalized spacial score (nSPS) is 36.0. The maximum absolute atomic E-state index is 15.3. The molecule has 2 aromatic rings. The third kappa shape index (κ3) is 5.54. The number of fused-ring (bicyclic) bond motifs is 4. The number of Topliss-reactive ketones (excluding diaryl/α,β-unsaturated/α-hetero) is 1. The molecule has 5 aliphatic rings. The number of aliphatic hydroxyl groups excluding tert-OH is 1. The van der Waals surface area contributed by atoms with Crippen LogP contribution in [0, 0.1) is 22.7 Å². The smallest absolute Gasteiger partial charge is 0.338 e. The topological polar surface area (TPSA) is 198 Å². The molecule has 3 saturated carbocycles. The molecule has 1 heterocycles. The molecule has 1 saturated heterocycles. The molecule has 13 heteroatoms. The van der Waals surface area contributed by atoms with E-state index in [0.717, 1.165) is 0 Å². The molecule has 282 valence electrons. The molecule has 0 radical (unpaired) electrons. The third-order valence-electron chi connectivity index (χ3n) is 12.6. The minimum absolute atomic E-state index is 0.137. The van der Waals surface area contributed by atoms with Gasteiger partial charge in [-0.25, -0.2) is 9.59 Å². The van der Waals surface area contributed by atoms with Crippen molar-refractivity contribution < 1.29 is 57.9 Å². The van der Waals surface area contributed by atoms with Crippen molar-refractivity contribution in [3.63, 3.8) is 0 Å². The van der Waals surface area contributed by atoms with Gasteiger partial charge < -0.3 is 39.6 Å². The molecule has 1 aliphatic heterocycles. The van der Waals surface area contributed by atoms with Crippen LogP contribution in [0.3, 0.4) is 0 Å². The van der Waals surface area contributed by atoms with Crippen molar-refractivity contribution in [1.29, 1.82) is 0 Å². The lowest BCUT2D eigenvalue weighted by Gasteiger charge is -2.64. The molecular weight excluding hydrogens is 686 g/mol. The number of carbonyl (C=O) groups is 5. The molecule has 7 rings (SSSR count). The lowest BCUT2D eigenvalue weighted by molar-refractivity contribution is -0.323. The zero-order valence-electron chi connectivity index (χ0n) is 30.3.